The average Bonchev–Trinajstić information content (AvgIpc) is 2.74. The topological polar surface area (TPSA) is 98.7 Å². The molecule has 1 aromatic carbocycles. The highest BCUT2D eigenvalue weighted by Gasteiger charge is 2.29. The van der Waals surface area contributed by atoms with Crippen molar-refractivity contribution in [3.8, 4) is 0 Å². The third-order valence-corrected chi connectivity index (χ3v) is 7.49. The van der Waals surface area contributed by atoms with Crippen molar-refractivity contribution < 1.29 is 13.6 Å². The molecule has 0 bridgehead atoms. The van der Waals surface area contributed by atoms with Gasteiger partial charge in [-0.2, -0.15) is 4.31 Å². The Morgan fingerprint density at radius 1 is 1.10 bits per heavy atom. The fourth-order valence-electron chi connectivity index (χ4n) is 3.39. The predicted molar refractivity (Wildman–Crippen MR) is 115 cm³/mol. The van der Waals surface area contributed by atoms with Crippen molar-refractivity contribution >= 4 is 31.6 Å². The van der Waals surface area contributed by atoms with Gasteiger partial charge in [-0.1, -0.05) is 15.9 Å². The number of hydroxylamine groups is 1. The molecule has 0 amide bonds. The van der Waals surface area contributed by atoms with Gasteiger partial charge in [0, 0.05) is 61.2 Å². The Kier molecular flexibility index (Phi) is 7.96. The molecule has 1 aliphatic heterocycles. The van der Waals surface area contributed by atoms with Crippen LogP contribution in [0.2, 0.25) is 0 Å². The number of hydrogen-bond donors (Lipinski definition) is 2. The van der Waals surface area contributed by atoms with Crippen LogP contribution >= 0.6 is 15.9 Å². The van der Waals surface area contributed by atoms with E-state index in [-0.39, 0.29) is 5.75 Å². The van der Waals surface area contributed by atoms with Gasteiger partial charge in [-0.15, -0.1) is 0 Å². The van der Waals surface area contributed by atoms with Gasteiger partial charge in [0.15, 0.2) is 0 Å². The van der Waals surface area contributed by atoms with Crippen LogP contribution in [0.25, 0.3) is 0 Å². The average molecular weight is 484 g/mol. The Labute approximate surface area is 180 Å². The molecule has 3 rings (SSSR count). The number of piperazine rings is 1. The summed E-state index contributed by atoms with van der Waals surface area (Å²) < 4.78 is 28.1. The number of rotatable bonds is 9. The quantitative estimate of drug-likeness (QED) is 0.526. The lowest BCUT2D eigenvalue weighted by atomic mass is 10.1. The van der Waals surface area contributed by atoms with E-state index in [4.69, 9.17) is 0 Å². The maximum Gasteiger partial charge on any atom is 0.215 e. The van der Waals surface area contributed by atoms with Gasteiger partial charge in [0.2, 0.25) is 10.0 Å². The lowest BCUT2D eigenvalue weighted by molar-refractivity contribution is 0.128. The highest BCUT2D eigenvalue weighted by Crippen LogP contribution is 2.21. The van der Waals surface area contributed by atoms with Gasteiger partial charge >= 0.3 is 0 Å². The molecule has 0 spiro atoms. The number of halogens is 1. The molecule has 158 valence electrons. The molecule has 10 heteroatoms. The summed E-state index contributed by atoms with van der Waals surface area (Å²) in [4.78, 5) is 10.5. The van der Waals surface area contributed by atoms with Crippen LogP contribution in [0.5, 0.6) is 0 Å². The summed E-state index contributed by atoms with van der Waals surface area (Å²) >= 11 is 3.43. The zero-order chi connectivity index (χ0) is 20.7. The number of sulfonamides is 1. The first-order chi connectivity index (χ1) is 14.0. The van der Waals surface area contributed by atoms with Crippen LogP contribution in [0.1, 0.15) is 18.7 Å². The molecular weight excluding hydrogens is 458 g/mol. The molecule has 1 atom stereocenters. The molecule has 1 aromatic heterocycles. The van der Waals surface area contributed by atoms with Crippen LogP contribution < -0.4 is 10.4 Å². The van der Waals surface area contributed by atoms with Gasteiger partial charge in [-0.05, 0) is 43.2 Å². The largest absolute Gasteiger partial charge is 0.369 e. The summed E-state index contributed by atoms with van der Waals surface area (Å²) in [5.41, 5.74) is 3.25. The van der Waals surface area contributed by atoms with E-state index in [2.05, 4.69) is 36.3 Å². The molecule has 2 heterocycles. The van der Waals surface area contributed by atoms with E-state index in [0.717, 1.165) is 16.0 Å². The Hall–Kier alpha value is -1.59. The fraction of sp³-hybridized carbons (Fsp3) is 0.474. The molecule has 0 radical (unpaired) electrons. The van der Waals surface area contributed by atoms with Crippen LogP contribution in [0.4, 0.5) is 5.69 Å². The summed E-state index contributed by atoms with van der Waals surface area (Å²) in [5.74, 6) is 0.591. The zero-order valence-electron chi connectivity index (χ0n) is 16.1. The highest BCUT2D eigenvalue weighted by atomic mass is 79.9. The van der Waals surface area contributed by atoms with Crippen molar-refractivity contribution in [2.45, 2.75) is 25.3 Å². The maximum absolute atomic E-state index is 12.8. The zero-order valence-corrected chi connectivity index (χ0v) is 18.5. The fourth-order valence-corrected chi connectivity index (χ4v) is 5.33. The minimum absolute atomic E-state index is 0.128. The lowest BCUT2D eigenvalue weighted by Gasteiger charge is -2.36. The molecule has 29 heavy (non-hydrogen) atoms. The van der Waals surface area contributed by atoms with Crippen LogP contribution in [-0.4, -0.2) is 65.9 Å². The third kappa shape index (κ3) is 6.45. The summed E-state index contributed by atoms with van der Waals surface area (Å²) in [6, 6.07) is 9.25. The number of aromatic nitrogens is 2. The smallest absolute Gasteiger partial charge is 0.215 e. The van der Waals surface area contributed by atoms with E-state index in [0.29, 0.717) is 45.4 Å². The molecule has 1 aliphatic rings. The molecule has 2 N–H and O–H groups in total. The van der Waals surface area contributed by atoms with Gasteiger partial charge in [0.05, 0.1) is 5.75 Å². The normalized spacial score (nSPS) is 16.7. The molecule has 1 saturated heterocycles. The number of hydrogen-bond acceptors (Lipinski definition) is 7. The van der Waals surface area contributed by atoms with Crippen LogP contribution in [0.15, 0.2) is 47.2 Å². The van der Waals surface area contributed by atoms with Crippen molar-refractivity contribution in [2.24, 2.45) is 0 Å². The molecule has 0 aliphatic carbocycles. The number of anilines is 1. The molecular formula is C19H26BrN5O3S. The molecule has 1 fully saturated rings. The van der Waals surface area contributed by atoms with Gasteiger partial charge in [0.25, 0.3) is 0 Å². The Bertz CT molecular complexity index is 859. The first-order valence-corrected chi connectivity index (χ1v) is 12.0. The number of benzene rings is 1. The minimum atomic E-state index is -3.46. The molecule has 2 aromatic rings. The highest BCUT2D eigenvalue weighted by molar-refractivity contribution is 9.10. The molecule has 0 saturated carbocycles. The summed E-state index contributed by atoms with van der Waals surface area (Å²) in [6.07, 6.45) is 5.22. The van der Waals surface area contributed by atoms with Gasteiger partial charge in [0.1, 0.15) is 5.82 Å². The standard InChI is InChI=1S/C19H26BrN5O3S/c20-16-5-7-18(8-6-16)24-11-13-25(14-12-24)29(27,28)15-17(23-26)3-1-4-19-21-9-2-10-22-19/h2,5-10,17,23,26H,1,3-4,11-15H2. The van der Waals surface area contributed by atoms with Crippen molar-refractivity contribution in [3.63, 3.8) is 0 Å². The van der Waals surface area contributed by atoms with Gasteiger partial charge in [-0.3, -0.25) is 0 Å². The van der Waals surface area contributed by atoms with Crippen LogP contribution in [-0.2, 0) is 16.4 Å². The van der Waals surface area contributed by atoms with E-state index in [1.807, 2.05) is 24.3 Å². The van der Waals surface area contributed by atoms with E-state index >= 15 is 0 Å². The number of nitrogens with one attached hydrogen (secondary N) is 1. The minimum Gasteiger partial charge on any atom is -0.369 e. The maximum atomic E-state index is 12.8. The number of aryl methyl sites for hydroxylation is 1. The molecule has 1 unspecified atom stereocenters. The lowest BCUT2D eigenvalue weighted by Crippen LogP contribution is -2.51. The van der Waals surface area contributed by atoms with Crippen molar-refractivity contribution in [3.05, 3.63) is 53.0 Å². The summed E-state index contributed by atoms with van der Waals surface area (Å²) in [6.45, 7) is 2.16. The van der Waals surface area contributed by atoms with E-state index in [9.17, 15) is 13.6 Å². The Morgan fingerprint density at radius 2 is 1.76 bits per heavy atom. The Morgan fingerprint density at radius 3 is 2.38 bits per heavy atom. The van der Waals surface area contributed by atoms with Crippen molar-refractivity contribution in [1.29, 1.82) is 0 Å². The second kappa shape index (κ2) is 10.4. The van der Waals surface area contributed by atoms with Gasteiger partial charge < -0.3 is 10.1 Å². The van der Waals surface area contributed by atoms with Crippen LogP contribution in [0, 0.1) is 0 Å². The third-order valence-electron chi connectivity index (χ3n) is 4.99. The van der Waals surface area contributed by atoms with Crippen LogP contribution in [0.3, 0.4) is 0 Å². The van der Waals surface area contributed by atoms with Gasteiger partial charge in [-0.25, -0.2) is 23.9 Å². The van der Waals surface area contributed by atoms with Crippen molar-refractivity contribution in [2.75, 3.05) is 36.8 Å². The predicted octanol–water partition coefficient (Wildman–Crippen LogP) is 2.06. The van der Waals surface area contributed by atoms with E-state index < -0.39 is 16.1 Å². The first kappa shape index (κ1) is 22.1. The summed E-state index contributed by atoms with van der Waals surface area (Å²) in [7, 11) is -3.46. The first-order valence-electron chi connectivity index (χ1n) is 9.62. The second-order valence-corrected chi connectivity index (χ2v) is 9.95. The number of nitrogens with zero attached hydrogens (tertiary/aromatic N) is 4. The Balaban J connectivity index is 1.48. The van der Waals surface area contributed by atoms with E-state index in [1.54, 1.807) is 18.5 Å². The van der Waals surface area contributed by atoms with E-state index in [1.165, 1.54) is 4.31 Å². The summed E-state index contributed by atoms with van der Waals surface area (Å²) in [5, 5.41) is 9.42. The monoisotopic (exact) mass is 483 g/mol. The molecule has 8 nitrogen and oxygen atoms in total. The second-order valence-electron chi connectivity index (χ2n) is 7.02. The van der Waals surface area contributed by atoms with Crippen molar-refractivity contribution in [1.82, 2.24) is 19.8 Å². The SMILES string of the molecule is O=S(=O)(CC(CCCc1ncccn1)NO)N1CCN(c2ccc(Br)cc2)CC1.